The number of nitrogens with zero attached hydrogens (tertiary/aromatic N) is 2. The van der Waals surface area contributed by atoms with E-state index in [-0.39, 0.29) is 11.7 Å². The molecule has 2 aromatic rings. The van der Waals surface area contributed by atoms with Gasteiger partial charge in [0.05, 0.1) is 6.20 Å². The number of fused-ring (bicyclic) bond motifs is 1. The Morgan fingerprint density at radius 1 is 0.900 bits per heavy atom. The molecule has 0 aromatic carbocycles. The number of hydrogen-bond acceptors (Lipinski definition) is 4. The average molecular weight is 407 g/mol. The number of pyridine rings is 1. The topological polar surface area (TPSA) is 56.0 Å². The summed E-state index contributed by atoms with van der Waals surface area (Å²) in [7, 11) is 0. The lowest BCUT2D eigenvalue weighted by atomic mass is 10.1. The zero-order valence-corrected chi connectivity index (χ0v) is 18.1. The van der Waals surface area contributed by atoms with E-state index in [0.717, 1.165) is 32.1 Å². The Morgan fingerprint density at radius 3 is 2.17 bits per heavy atom. The molecule has 0 radical (unpaired) electrons. The van der Waals surface area contributed by atoms with Crippen LogP contribution < -0.4 is 0 Å². The second kappa shape index (κ2) is 15.1. The number of carbonyl (C=O) groups is 1. The molecule has 0 aliphatic heterocycles. The van der Waals surface area contributed by atoms with Crippen LogP contribution in [0.3, 0.4) is 0 Å². The minimum Gasteiger partial charge on any atom is -0.434 e. The fourth-order valence-electron chi connectivity index (χ4n) is 2.95. The summed E-state index contributed by atoms with van der Waals surface area (Å²) in [6.07, 6.45) is 31.0. The van der Waals surface area contributed by atoms with Gasteiger partial charge in [-0.3, -0.25) is 9.78 Å². The van der Waals surface area contributed by atoms with E-state index < -0.39 is 0 Å². The maximum Gasteiger partial charge on any atom is 0.264 e. The van der Waals surface area contributed by atoms with Crippen molar-refractivity contribution in [2.24, 2.45) is 0 Å². The van der Waals surface area contributed by atoms with E-state index in [1.165, 1.54) is 25.7 Å². The third-order valence-corrected chi connectivity index (χ3v) is 4.66. The predicted octanol–water partition coefficient (Wildman–Crippen LogP) is 7.55. The summed E-state index contributed by atoms with van der Waals surface area (Å²) in [5.41, 5.74) is 1.23. The standard InChI is InChI=1S/C26H34N2O2/c1-2-3-4-5-6-7-8-9-10-11-12-13-14-15-16-17-18-19-24(29)26-28-23-22-27-21-20-25(23)30-26/h6-7,9-10,12-13,15-16,20-22H,2-5,8,11,14,17-19H2,1H3/b7-6-,10-9-,13-12-,16-15-. The molecule has 0 aliphatic carbocycles. The van der Waals surface area contributed by atoms with Crippen molar-refractivity contribution in [2.45, 2.75) is 71.1 Å². The van der Waals surface area contributed by atoms with Crippen LogP contribution in [0, 0.1) is 0 Å². The highest BCUT2D eigenvalue weighted by Gasteiger charge is 2.13. The summed E-state index contributed by atoms with van der Waals surface area (Å²) in [4.78, 5) is 20.3. The lowest BCUT2D eigenvalue weighted by Gasteiger charge is -1.94. The summed E-state index contributed by atoms with van der Waals surface area (Å²) in [5.74, 6) is 0.132. The molecule has 0 bridgehead atoms. The normalized spacial score (nSPS) is 12.4. The number of Topliss-reactive ketones (excluding diaryl/α,β-unsaturated/α-hetero) is 1. The third kappa shape index (κ3) is 9.64. The number of ketones is 1. The number of rotatable bonds is 15. The van der Waals surface area contributed by atoms with Crippen LogP contribution in [0.25, 0.3) is 11.1 Å². The highest BCUT2D eigenvalue weighted by molar-refractivity contribution is 5.93. The van der Waals surface area contributed by atoms with E-state index >= 15 is 0 Å². The average Bonchev–Trinajstić information content (AvgIpc) is 3.20. The summed E-state index contributed by atoms with van der Waals surface area (Å²) in [6.45, 7) is 2.24. The van der Waals surface area contributed by atoms with Crippen LogP contribution in [0.2, 0.25) is 0 Å². The predicted molar refractivity (Wildman–Crippen MR) is 125 cm³/mol. The molecule has 160 valence electrons. The minimum atomic E-state index is -0.0536. The lowest BCUT2D eigenvalue weighted by molar-refractivity contribution is 0.0949. The molecule has 0 saturated carbocycles. The van der Waals surface area contributed by atoms with Crippen molar-refractivity contribution in [3.63, 3.8) is 0 Å². The molecule has 0 unspecified atom stereocenters. The number of unbranched alkanes of at least 4 members (excludes halogenated alkanes) is 4. The van der Waals surface area contributed by atoms with Crippen LogP contribution in [0.1, 0.15) is 81.8 Å². The van der Waals surface area contributed by atoms with Gasteiger partial charge in [0.25, 0.3) is 5.89 Å². The molecule has 0 N–H and O–H groups in total. The van der Waals surface area contributed by atoms with E-state index in [1.807, 2.05) is 0 Å². The van der Waals surface area contributed by atoms with Gasteiger partial charge in [0, 0.05) is 18.7 Å². The number of aromatic nitrogens is 2. The first-order valence-electron chi connectivity index (χ1n) is 11.1. The molecule has 0 atom stereocenters. The highest BCUT2D eigenvalue weighted by atomic mass is 16.4. The Balaban J connectivity index is 1.49. The van der Waals surface area contributed by atoms with Gasteiger partial charge >= 0.3 is 0 Å². The molecular formula is C26H34N2O2. The molecule has 4 nitrogen and oxygen atoms in total. The van der Waals surface area contributed by atoms with Crippen LogP contribution in [-0.4, -0.2) is 15.8 Å². The SMILES string of the molecule is CCCCC/C=C\C/C=C\C/C=C\C/C=C\CCCC(=O)c1nc2cnccc2o1. The first kappa shape index (κ1) is 23.5. The van der Waals surface area contributed by atoms with Crippen LogP contribution in [0.5, 0.6) is 0 Å². The Hall–Kier alpha value is -2.75. The minimum absolute atomic E-state index is 0.0536. The van der Waals surface area contributed by atoms with Crippen molar-refractivity contribution in [1.82, 2.24) is 9.97 Å². The summed E-state index contributed by atoms with van der Waals surface area (Å²) in [6, 6.07) is 1.72. The number of allylic oxidation sites excluding steroid dienone is 8. The molecule has 2 aromatic heterocycles. The zero-order chi connectivity index (χ0) is 21.3. The zero-order valence-electron chi connectivity index (χ0n) is 18.1. The maximum atomic E-state index is 12.2. The number of carbonyl (C=O) groups excluding carboxylic acids is 1. The molecule has 0 amide bonds. The van der Waals surface area contributed by atoms with Crippen molar-refractivity contribution in [1.29, 1.82) is 0 Å². The molecule has 0 aliphatic rings. The quantitative estimate of drug-likeness (QED) is 0.174. The Kier molecular flexibility index (Phi) is 11.9. The summed E-state index contributed by atoms with van der Waals surface area (Å²) >= 11 is 0. The Morgan fingerprint density at radius 2 is 1.53 bits per heavy atom. The maximum absolute atomic E-state index is 12.2. The number of hydrogen-bond donors (Lipinski definition) is 0. The van der Waals surface area contributed by atoms with Gasteiger partial charge in [0.15, 0.2) is 5.58 Å². The van der Waals surface area contributed by atoms with Crippen molar-refractivity contribution < 1.29 is 9.21 Å². The molecule has 4 heteroatoms. The number of oxazole rings is 1. The van der Waals surface area contributed by atoms with E-state index in [2.05, 4.69) is 65.5 Å². The van der Waals surface area contributed by atoms with Crippen molar-refractivity contribution in [3.8, 4) is 0 Å². The highest BCUT2D eigenvalue weighted by Crippen LogP contribution is 2.15. The summed E-state index contributed by atoms with van der Waals surface area (Å²) in [5, 5.41) is 0. The molecule has 0 fully saturated rings. The third-order valence-electron chi connectivity index (χ3n) is 4.66. The van der Waals surface area contributed by atoms with E-state index in [1.54, 1.807) is 18.5 Å². The summed E-state index contributed by atoms with van der Waals surface area (Å²) < 4.78 is 5.48. The van der Waals surface area contributed by atoms with Gasteiger partial charge in [-0.25, -0.2) is 4.98 Å². The molecule has 0 spiro atoms. The monoisotopic (exact) mass is 406 g/mol. The van der Waals surface area contributed by atoms with Gasteiger partial charge in [-0.15, -0.1) is 0 Å². The molecule has 30 heavy (non-hydrogen) atoms. The van der Waals surface area contributed by atoms with Crippen molar-refractivity contribution >= 4 is 16.9 Å². The Bertz CT molecular complexity index is 826. The molecule has 0 saturated heterocycles. The smallest absolute Gasteiger partial charge is 0.264 e. The van der Waals surface area contributed by atoms with Gasteiger partial charge in [-0.05, 0) is 44.9 Å². The molecule has 2 rings (SSSR count). The van der Waals surface area contributed by atoms with Crippen LogP contribution >= 0.6 is 0 Å². The molecular weight excluding hydrogens is 372 g/mol. The van der Waals surface area contributed by atoms with Gasteiger partial charge < -0.3 is 4.42 Å². The second-order valence-corrected chi connectivity index (χ2v) is 7.27. The first-order chi connectivity index (χ1) is 14.8. The first-order valence-corrected chi connectivity index (χ1v) is 11.1. The fraction of sp³-hybridized carbons (Fsp3) is 0.423. The van der Waals surface area contributed by atoms with Gasteiger partial charge in [-0.2, -0.15) is 0 Å². The lowest BCUT2D eigenvalue weighted by Crippen LogP contribution is -1.98. The van der Waals surface area contributed by atoms with E-state index in [4.69, 9.17) is 4.42 Å². The van der Waals surface area contributed by atoms with Crippen LogP contribution in [0.15, 0.2) is 71.5 Å². The van der Waals surface area contributed by atoms with Gasteiger partial charge in [0.2, 0.25) is 5.78 Å². The van der Waals surface area contributed by atoms with E-state index in [9.17, 15) is 4.79 Å². The van der Waals surface area contributed by atoms with Crippen molar-refractivity contribution in [3.05, 3.63) is 73.0 Å². The van der Waals surface area contributed by atoms with Crippen molar-refractivity contribution in [2.75, 3.05) is 0 Å². The molecule has 2 heterocycles. The van der Waals surface area contributed by atoms with Crippen LogP contribution in [0.4, 0.5) is 0 Å². The largest absolute Gasteiger partial charge is 0.434 e. The van der Waals surface area contributed by atoms with E-state index in [0.29, 0.717) is 17.5 Å². The van der Waals surface area contributed by atoms with Gasteiger partial charge in [0.1, 0.15) is 5.52 Å². The Labute approximate surface area is 180 Å². The van der Waals surface area contributed by atoms with Gasteiger partial charge in [-0.1, -0.05) is 68.4 Å². The fourth-order valence-corrected chi connectivity index (χ4v) is 2.95. The second-order valence-electron chi connectivity index (χ2n) is 7.27. The van der Waals surface area contributed by atoms with Crippen LogP contribution in [-0.2, 0) is 0 Å².